The van der Waals surface area contributed by atoms with E-state index in [0.717, 1.165) is 59.0 Å². The highest BCUT2D eigenvalue weighted by Gasteiger charge is 2.30. The Labute approximate surface area is 206 Å². The van der Waals surface area contributed by atoms with E-state index >= 15 is 0 Å². The number of esters is 1. The van der Waals surface area contributed by atoms with E-state index in [-0.39, 0.29) is 18.1 Å². The zero-order valence-corrected chi connectivity index (χ0v) is 22.3. The van der Waals surface area contributed by atoms with Crippen molar-refractivity contribution in [2.75, 3.05) is 26.0 Å². The van der Waals surface area contributed by atoms with E-state index in [4.69, 9.17) is 4.74 Å². The van der Waals surface area contributed by atoms with Gasteiger partial charge in [0.05, 0.1) is 41.0 Å². The van der Waals surface area contributed by atoms with Gasteiger partial charge in [-0.1, -0.05) is 0 Å². The van der Waals surface area contributed by atoms with E-state index in [0.29, 0.717) is 17.1 Å². The minimum Gasteiger partial charge on any atom is -0.459 e. The molecule has 2 aromatic heterocycles. The maximum atomic E-state index is 12.8. The normalized spacial score (nSPS) is 16.9. The number of ether oxygens (including phenoxy) is 1. The Morgan fingerprint density at radius 2 is 1.84 bits per heavy atom. The zero-order valence-electron chi connectivity index (χ0n) is 19.1. The lowest BCUT2D eigenvalue weighted by Gasteiger charge is -2.33. The maximum absolute atomic E-state index is 12.8. The van der Waals surface area contributed by atoms with Crippen LogP contribution in [0.15, 0.2) is 3.79 Å². The number of carbonyl (C=O) groups excluding carboxylic acids is 2. The molecule has 9 heteroatoms. The molecule has 0 spiro atoms. The van der Waals surface area contributed by atoms with E-state index in [1.54, 1.807) is 11.3 Å². The van der Waals surface area contributed by atoms with Gasteiger partial charge in [0.25, 0.3) is 0 Å². The lowest BCUT2D eigenvalue weighted by Crippen LogP contribution is -2.43. The first kappa shape index (κ1) is 23.7. The van der Waals surface area contributed by atoms with Crippen molar-refractivity contribution in [3.05, 3.63) is 35.8 Å². The fourth-order valence-corrected chi connectivity index (χ4v) is 7.99. The smallest absolute Gasteiger partial charge is 0.341 e. The van der Waals surface area contributed by atoms with Gasteiger partial charge in [0, 0.05) is 23.4 Å². The highest BCUT2D eigenvalue weighted by molar-refractivity contribution is 9.11. The molecule has 0 bridgehead atoms. The van der Waals surface area contributed by atoms with Gasteiger partial charge in [0.15, 0.2) is 0 Å². The van der Waals surface area contributed by atoms with Gasteiger partial charge in [-0.3, -0.25) is 5.32 Å². The Morgan fingerprint density at radius 3 is 2.59 bits per heavy atom. The lowest BCUT2D eigenvalue weighted by molar-refractivity contribution is -0.905. The summed E-state index contributed by atoms with van der Waals surface area (Å²) in [4.78, 5) is 28.2. The summed E-state index contributed by atoms with van der Waals surface area (Å²) < 4.78 is 7.57. The molecule has 0 saturated heterocycles. The van der Waals surface area contributed by atoms with Crippen molar-refractivity contribution in [1.29, 1.82) is 0 Å². The van der Waals surface area contributed by atoms with E-state index < -0.39 is 0 Å². The minimum atomic E-state index is -0.343. The SMILES string of the molecule is CC(C)OC(=O)c1c(NC(=O)NCc2c(Br)sc3c2CC[N+](C)(C)C3)sc2c1CCCC2. The van der Waals surface area contributed by atoms with Crippen LogP contribution in [0.3, 0.4) is 0 Å². The van der Waals surface area contributed by atoms with Gasteiger partial charge < -0.3 is 14.5 Å². The number of hydrogen-bond acceptors (Lipinski definition) is 5. The number of hydrogen-bond donors (Lipinski definition) is 2. The largest absolute Gasteiger partial charge is 0.459 e. The average Bonchev–Trinajstić information content (AvgIpc) is 3.20. The predicted octanol–water partition coefficient (Wildman–Crippen LogP) is 5.47. The number of likely N-dealkylation sites (N-methyl/N-ethyl adjacent to an activating group) is 1. The first-order chi connectivity index (χ1) is 15.1. The number of nitrogens with zero attached hydrogens (tertiary/aromatic N) is 1. The molecule has 3 heterocycles. The Bertz CT molecular complexity index is 1040. The number of thiophene rings is 2. The number of fused-ring (bicyclic) bond motifs is 2. The van der Waals surface area contributed by atoms with Crippen molar-refractivity contribution < 1.29 is 18.8 Å². The molecule has 0 radical (unpaired) electrons. The summed E-state index contributed by atoms with van der Waals surface area (Å²) in [6, 6.07) is -0.291. The molecule has 2 amide bonds. The van der Waals surface area contributed by atoms with Crippen molar-refractivity contribution in [1.82, 2.24) is 5.32 Å². The second-order valence-corrected chi connectivity index (χ2v) is 13.0. The van der Waals surface area contributed by atoms with Gasteiger partial charge in [0.1, 0.15) is 11.5 Å². The summed E-state index contributed by atoms with van der Waals surface area (Å²) in [5.41, 5.74) is 4.14. The molecule has 4 rings (SSSR count). The molecule has 0 fully saturated rings. The second-order valence-electron chi connectivity index (χ2n) is 9.50. The topological polar surface area (TPSA) is 67.4 Å². The molecule has 1 aliphatic heterocycles. The number of nitrogens with one attached hydrogen (secondary N) is 2. The fraction of sp³-hybridized carbons (Fsp3) is 0.565. The summed E-state index contributed by atoms with van der Waals surface area (Å²) in [5.74, 6) is -0.343. The summed E-state index contributed by atoms with van der Waals surface area (Å²) >= 11 is 6.99. The molecule has 6 nitrogen and oxygen atoms in total. The number of urea groups is 1. The van der Waals surface area contributed by atoms with Crippen molar-refractivity contribution in [3.63, 3.8) is 0 Å². The second kappa shape index (κ2) is 9.44. The van der Waals surface area contributed by atoms with Gasteiger partial charge in [0.2, 0.25) is 0 Å². The molecule has 0 unspecified atom stereocenters. The van der Waals surface area contributed by atoms with Crippen LogP contribution in [0.5, 0.6) is 0 Å². The Balaban J connectivity index is 1.48. The quantitative estimate of drug-likeness (QED) is 0.390. The molecule has 2 aromatic rings. The molecule has 2 N–H and O–H groups in total. The van der Waals surface area contributed by atoms with E-state index in [1.807, 2.05) is 13.8 Å². The molecule has 174 valence electrons. The predicted molar refractivity (Wildman–Crippen MR) is 134 cm³/mol. The van der Waals surface area contributed by atoms with Crippen molar-refractivity contribution >= 4 is 55.6 Å². The summed E-state index contributed by atoms with van der Waals surface area (Å²) in [5, 5.41) is 6.56. The van der Waals surface area contributed by atoms with Crippen LogP contribution in [0.2, 0.25) is 0 Å². The number of aryl methyl sites for hydroxylation is 1. The highest BCUT2D eigenvalue weighted by atomic mass is 79.9. The molecular formula is C23H31BrN3O3S2+. The summed E-state index contributed by atoms with van der Waals surface area (Å²) in [6.45, 7) is 6.26. The van der Waals surface area contributed by atoms with Gasteiger partial charge in [-0.25, -0.2) is 9.59 Å². The van der Waals surface area contributed by atoms with E-state index in [2.05, 4.69) is 40.7 Å². The molecule has 0 atom stereocenters. The van der Waals surface area contributed by atoms with Crippen molar-refractivity contribution in [2.24, 2.45) is 0 Å². The van der Waals surface area contributed by atoms with Gasteiger partial charge >= 0.3 is 12.0 Å². The zero-order chi connectivity index (χ0) is 23.0. The van der Waals surface area contributed by atoms with Crippen LogP contribution in [-0.4, -0.2) is 43.2 Å². The van der Waals surface area contributed by atoms with Crippen molar-refractivity contribution in [3.8, 4) is 0 Å². The molecule has 0 saturated carbocycles. The van der Waals surface area contributed by atoms with Crippen LogP contribution in [0, 0.1) is 0 Å². The molecule has 32 heavy (non-hydrogen) atoms. The van der Waals surface area contributed by atoms with Gasteiger partial charge in [-0.05, 0) is 66.6 Å². The molecule has 2 aliphatic rings. The number of halogens is 1. The first-order valence-corrected chi connectivity index (χ1v) is 13.6. The Hall–Kier alpha value is -1.42. The van der Waals surface area contributed by atoms with E-state index in [1.165, 1.54) is 32.2 Å². The fourth-order valence-electron chi connectivity index (χ4n) is 4.45. The number of anilines is 1. The maximum Gasteiger partial charge on any atom is 0.341 e. The number of rotatable bonds is 5. The molecule has 1 aliphatic carbocycles. The molecular weight excluding hydrogens is 510 g/mol. The molecule has 0 aromatic carbocycles. The third kappa shape index (κ3) is 5.05. The van der Waals surface area contributed by atoms with Gasteiger partial charge in [-0.2, -0.15) is 0 Å². The van der Waals surface area contributed by atoms with E-state index in [9.17, 15) is 9.59 Å². The standard InChI is InChI=1S/C23H30BrN3O3S2/c1-13(2)30-22(28)19-15-7-5-6-8-17(15)32-21(19)26-23(29)25-11-16-14-9-10-27(3,4)12-18(14)31-20(16)24/h13H,5-12H2,1-4H3,(H-,25,26,28,29)/p+1. The Morgan fingerprint density at radius 1 is 1.09 bits per heavy atom. The minimum absolute atomic E-state index is 0.200. The van der Waals surface area contributed by atoms with Crippen molar-refractivity contribution in [2.45, 2.75) is 65.1 Å². The summed E-state index contributed by atoms with van der Waals surface area (Å²) in [7, 11) is 4.51. The monoisotopic (exact) mass is 540 g/mol. The van der Waals surface area contributed by atoms with Crippen LogP contribution >= 0.6 is 38.6 Å². The highest BCUT2D eigenvalue weighted by Crippen LogP contribution is 2.39. The van der Waals surface area contributed by atoms with Crippen LogP contribution in [0.25, 0.3) is 0 Å². The van der Waals surface area contributed by atoms with Gasteiger partial charge in [-0.15, -0.1) is 22.7 Å². The van der Waals surface area contributed by atoms with Crippen LogP contribution in [0.4, 0.5) is 9.80 Å². The third-order valence-corrected chi connectivity index (χ3v) is 9.28. The Kier molecular flexibility index (Phi) is 7.00. The number of carbonyl (C=O) groups is 2. The van der Waals surface area contributed by atoms with Crippen LogP contribution in [-0.2, 0) is 37.1 Å². The summed E-state index contributed by atoms with van der Waals surface area (Å²) in [6.07, 6.45) is 4.81. The third-order valence-electron chi connectivity index (χ3n) is 6.06. The van der Waals surface area contributed by atoms with Crippen LogP contribution < -0.4 is 10.6 Å². The van der Waals surface area contributed by atoms with Crippen LogP contribution in [0.1, 0.15) is 63.5 Å². The average molecular weight is 542 g/mol. The lowest BCUT2D eigenvalue weighted by atomic mass is 9.95. The first-order valence-electron chi connectivity index (χ1n) is 11.2. The number of quaternary nitrogens is 1. The number of amides is 2.